The minimum Gasteiger partial charge on any atom is -0.313 e. The molecule has 0 spiro atoms. The van der Waals surface area contributed by atoms with Crippen molar-refractivity contribution in [2.24, 2.45) is 0 Å². The normalized spacial score (nSPS) is 17.1. The Bertz CT molecular complexity index is 345. The first kappa shape index (κ1) is 12.6. The Kier molecular flexibility index (Phi) is 4.57. The third-order valence-electron chi connectivity index (χ3n) is 3.28. The maximum Gasteiger partial charge on any atom is 0.0164 e. The standard InChI is InChI=1S/C15H24N2/c1-12-4-3-5-14(10-12)8-9-16-13(2)11-17-15-6-7-15/h3-5,10,13,15-17H,6-9,11H2,1-2H3. The van der Waals surface area contributed by atoms with Gasteiger partial charge in [-0.2, -0.15) is 0 Å². The van der Waals surface area contributed by atoms with Crippen molar-refractivity contribution in [3.05, 3.63) is 35.4 Å². The lowest BCUT2D eigenvalue weighted by Crippen LogP contribution is -2.38. The minimum absolute atomic E-state index is 0.570. The van der Waals surface area contributed by atoms with E-state index >= 15 is 0 Å². The van der Waals surface area contributed by atoms with Crippen molar-refractivity contribution in [2.45, 2.75) is 45.2 Å². The molecular weight excluding hydrogens is 208 g/mol. The lowest BCUT2D eigenvalue weighted by Gasteiger charge is -2.14. The smallest absolute Gasteiger partial charge is 0.0164 e. The molecule has 1 saturated carbocycles. The Morgan fingerprint density at radius 1 is 1.35 bits per heavy atom. The topological polar surface area (TPSA) is 24.1 Å². The third kappa shape index (κ3) is 4.88. The third-order valence-corrected chi connectivity index (χ3v) is 3.28. The van der Waals surface area contributed by atoms with Crippen LogP contribution >= 0.6 is 0 Å². The number of aryl methyl sites for hydroxylation is 1. The van der Waals surface area contributed by atoms with E-state index < -0.39 is 0 Å². The number of hydrogen-bond acceptors (Lipinski definition) is 2. The average molecular weight is 232 g/mol. The van der Waals surface area contributed by atoms with E-state index in [0.717, 1.165) is 25.6 Å². The van der Waals surface area contributed by atoms with Gasteiger partial charge in [0.15, 0.2) is 0 Å². The Balaban J connectivity index is 1.61. The molecule has 1 fully saturated rings. The van der Waals surface area contributed by atoms with E-state index in [0.29, 0.717) is 6.04 Å². The van der Waals surface area contributed by atoms with Crippen molar-refractivity contribution in [3.63, 3.8) is 0 Å². The van der Waals surface area contributed by atoms with Crippen molar-refractivity contribution in [1.82, 2.24) is 10.6 Å². The molecule has 0 bridgehead atoms. The van der Waals surface area contributed by atoms with Crippen LogP contribution in [0, 0.1) is 6.92 Å². The average Bonchev–Trinajstić information content (AvgIpc) is 3.10. The van der Waals surface area contributed by atoms with Gasteiger partial charge in [-0.1, -0.05) is 29.8 Å². The van der Waals surface area contributed by atoms with Crippen LogP contribution in [0.15, 0.2) is 24.3 Å². The Hall–Kier alpha value is -0.860. The van der Waals surface area contributed by atoms with Gasteiger partial charge in [-0.3, -0.25) is 0 Å². The molecule has 1 aliphatic rings. The van der Waals surface area contributed by atoms with Gasteiger partial charge in [0.1, 0.15) is 0 Å². The number of benzene rings is 1. The van der Waals surface area contributed by atoms with E-state index in [9.17, 15) is 0 Å². The lowest BCUT2D eigenvalue weighted by molar-refractivity contribution is 0.503. The monoisotopic (exact) mass is 232 g/mol. The zero-order valence-corrected chi connectivity index (χ0v) is 11.0. The molecule has 1 aliphatic carbocycles. The molecule has 0 saturated heterocycles. The molecule has 1 atom stereocenters. The molecule has 2 N–H and O–H groups in total. The molecule has 0 aliphatic heterocycles. The van der Waals surface area contributed by atoms with Gasteiger partial charge < -0.3 is 10.6 Å². The summed E-state index contributed by atoms with van der Waals surface area (Å²) in [5.74, 6) is 0. The molecule has 0 aromatic heterocycles. The summed E-state index contributed by atoms with van der Waals surface area (Å²) in [4.78, 5) is 0. The van der Waals surface area contributed by atoms with Crippen LogP contribution in [-0.2, 0) is 6.42 Å². The zero-order valence-electron chi connectivity index (χ0n) is 11.0. The number of hydrogen-bond donors (Lipinski definition) is 2. The zero-order chi connectivity index (χ0) is 12.1. The highest BCUT2D eigenvalue weighted by atomic mass is 15.0. The highest BCUT2D eigenvalue weighted by Gasteiger charge is 2.20. The van der Waals surface area contributed by atoms with E-state index in [1.165, 1.54) is 24.0 Å². The fourth-order valence-electron chi connectivity index (χ4n) is 2.03. The van der Waals surface area contributed by atoms with E-state index in [4.69, 9.17) is 0 Å². The van der Waals surface area contributed by atoms with E-state index in [2.05, 4.69) is 48.7 Å². The van der Waals surface area contributed by atoms with Crippen LogP contribution in [0.3, 0.4) is 0 Å². The van der Waals surface area contributed by atoms with Crippen LogP contribution in [0.5, 0.6) is 0 Å². The molecule has 17 heavy (non-hydrogen) atoms. The van der Waals surface area contributed by atoms with Crippen LogP contribution in [0.1, 0.15) is 30.9 Å². The van der Waals surface area contributed by atoms with Gasteiger partial charge in [0.2, 0.25) is 0 Å². The first-order chi connectivity index (χ1) is 8.24. The second-order valence-corrected chi connectivity index (χ2v) is 5.28. The second-order valence-electron chi connectivity index (χ2n) is 5.28. The van der Waals surface area contributed by atoms with Crippen LogP contribution in [-0.4, -0.2) is 25.2 Å². The van der Waals surface area contributed by atoms with Crippen molar-refractivity contribution in [2.75, 3.05) is 13.1 Å². The largest absolute Gasteiger partial charge is 0.313 e. The minimum atomic E-state index is 0.570. The van der Waals surface area contributed by atoms with Crippen molar-refractivity contribution in [1.29, 1.82) is 0 Å². The van der Waals surface area contributed by atoms with Gasteiger partial charge in [0, 0.05) is 18.6 Å². The van der Waals surface area contributed by atoms with E-state index in [1.807, 2.05) is 0 Å². The summed E-state index contributed by atoms with van der Waals surface area (Å²) in [5, 5.41) is 7.12. The van der Waals surface area contributed by atoms with Gasteiger partial charge in [0.05, 0.1) is 0 Å². The van der Waals surface area contributed by atoms with Gasteiger partial charge in [-0.25, -0.2) is 0 Å². The maximum absolute atomic E-state index is 3.57. The first-order valence-electron chi connectivity index (χ1n) is 6.76. The number of rotatable bonds is 7. The molecule has 0 amide bonds. The van der Waals surface area contributed by atoms with Gasteiger partial charge >= 0.3 is 0 Å². The highest BCUT2D eigenvalue weighted by molar-refractivity contribution is 5.22. The molecular formula is C15H24N2. The predicted molar refractivity (Wildman–Crippen MR) is 73.4 cm³/mol. The van der Waals surface area contributed by atoms with Gasteiger partial charge in [-0.15, -0.1) is 0 Å². The van der Waals surface area contributed by atoms with E-state index in [1.54, 1.807) is 0 Å². The van der Waals surface area contributed by atoms with Gasteiger partial charge in [0.25, 0.3) is 0 Å². The fraction of sp³-hybridized carbons (Fsp3) is 0.600. The van der Waals surface area contributed by atoms with Crippen LogP contribution in [0.2, 0.25) is 0 Å². The molecule has 94 valence electrons. The van der Waals surface area contributed by atoms with Crippen molar-refractivity contribution in [3.8, 4) is 0 Å². The molecule has 2 rings (SSSR count). The summed E-state index contributed by atoms with van der Waals surface area (Å²) in [6, 6.07) is 10.2. The van der Waals surface area contributed by atoms with Gasteiger partial charge in [-0.05, 0) is 45.2 Å². The predicted octanol–water partition coefficient (Wildman–Crippen LogP) is 2.27. The van der Waals surface area contributed by atoms with Crippen LogP contribution in [0.4, 0.5) is 0 Å². The molecule has 0 radical (unpaired) electrons. The quantitative estimate of drug-likeness (QED) is 0.753. The Labute approximate surface area is 105 Å². The summed E-state index contributed by atoms with van der Waals surface area (Å²) in [6.07, 6.45) is 3.86. The summed E-state index contributed by atoms with van der Waals surface area (Å²) < 4.78 is 0. The summed E-state index contributed by atoms with van der Waals surface area (Å²) >= 11 is 0. The molecule has 1 unspecified atom stereocenters. The Morgan fingerprint density at radius 2 is 2.18 bits per heavy atom. The molecule has 2 nitrogen and oxygen atoms in total. The van der Waals surface area contributed by atoms with Crippen molar-refractivity contribution >= 4 is 0 Å². The lowest BCUT2D eigenvalue weighted by atomic mass is 10.1. The number of nitrogens with one attached hydrogen (secondary N) is 2. The molecule has 0 heterocycles. The molecule has 2 heteroatoms. The fourth-order valence-corrected chi connectivity index (χ4v) is 2.03. The highest BCUT2D eigenvalue weighted by Crippen LogP contribution is 2.18. The second kappa shape index (κ2) is 6.18. The summed E-state index contributed by atoms with van der Waals surface area (Å²) in [5.41, 5.74) is 2.78. The Morgan fingerprint density at radius 3 is 2.88 bits per heavy atom. The first-order valence-corrected chi connectivity index (χ1v) is 6.76. The summed E-state index contributed by atoms with van der Waals surface area (Å²) in [7, 11) is 0. The SMILES string of the molecule is Cc1cccc(CCNC(C)CNC2CC2)c1. The maximum atomic E-state index is 3.57. The van der Waals surface area contributed by atoms with E-state index in [-0.39, 0.29) is 0 Å². The van der Waals surface area contributed by atoms with Crippen LogP contribution < -0.4 is 10.6 Å². The molecule has 1 aromatic carbocycles. The van der Waals surface area contributed by atoms with Crippen molar-refractivity contribution < 1.29 is 0 Å². The summed E-state index contributed by atoms with van der Waals surface area (Å²) in [6.45, 7) is 6.57. The molecule has 1 aromatic rings. The van der Waals surface area contributed by atoms with Crippen LogP contribution in [0.25, 0.3) is 0 Å².